The van der Waals surface area contributed by atoms with Gasteiger partial charge in [0.15, 0.2) is 0 Å². The predicted molar refractivity (Wildman–Crippen MR) is 75.2 cm³/mol. The highest BCUT2D eigenvalue weighted by molar-refractivity contribution is 4.86. The van der Waals surface area contributed by atoms with Gasteiger partial charge < -0.3 is 10.6 Å². The normalized spacial score (nSPS) is 22.8. The van der Waals surface area contributed by atoms with E-state index in [1.165, 1.54) is 26.2 Å². The first kappa shape index (κ1) is 14.9. The van der Waals surface area contributed by atoms with Gasteiger partial charge in [0.05, 0.1) is 0 Å². The fourth-order valence-corrected chi connectivity index (χ4v) is 2.30. The van der Waals surface area contributed by atoms with E-state index in [0.29, 0.717) is 5.54 Å². The molecule has 1 saturated heterocycles. The van der Waals surface area contributed by atoms with E-state index in [1.54, 1.807) is 0 Å². The Balaban J connectivity index is 2.43. The molecule has 1 aliphatic rings. The molecule has 17 heavy (non-hydrogen) atoms. The Labute approximate surface area is 107 Å². The zero-order chi connectivity index (χ0) is 13.3. The average molecular weight is 241 g/mol. The lowest BCUT2D eigenvalue weighted by Crippen LogP contribution is -2.56. The van der Waals surface area contributed by atoms with Crippen molar-refractivity contribution in [2.24, 2.45) is 11.1 Å². The SMILES string of the molecule is CC(N)C(C)(C)CN1CCN(C(C)(C)C)CC1. The summed E-state index contributed by atoms with van der Waals surface area (Å²) in [6, 6.07) is 0.253. The lowest BCUT2D eigenvalue weighted by Gasteiger charge is -2.44. The molecule has 0 bridgehead atoms. The van der Waals surface area contributed by atoms with Gasteiger partial charge in [-0.1, -0.05) is 13.8 Å². The molecule has 1 fully saturated rings. The van der Waals surface area contributed by atoms with E-state index in [1.807, 2.05) is 0 Å². The number of piperazine rings is 1. The Morgan fingerprint density at radius 1 is 1.00 bits per heavy atom. The van der Waals surface area contributed by atoms with Crippen LogP contribution in [0, 0.1) is 5.41 Å². The van der Waals surface area contributed by atoms with E-state index in [2.05, 4.69) is 51.3 Å². The van der Waals surface area contributed by atoms with Crippen LogP contribution in [0.4, 0.5) is 0 Å². The van der Waals surface area contributed by atoms with Crippen molar-refractivity contribution in [1.82, 2.24) is 9.80 Å². The van der Waals surface area contributed by atoms with E-state index in [-0.39, 0.29) is 11.5 Å². The summed E-state index contributed by atoms with van der Waals surface area (Å²) in [5, 5.41) is 0. The fourth-order valence-electron chi connectivity index (χ4n) is 2.30. The summed E-state index contributed by atoms with van der Waals surface area (Å²) in [7, 11) is 0. The summed E-state index contributed by atoms with van der Waals surface area (Å²) in [6.07, 6.45) is 0. The minimum absolute atomic E-state index is 0.212. The molecule has 0 aliphatic carbocycles. The molecule has 1 aliphatic heterocycles. The van der Waals surface area contributed by atoms with Crippen molar-refractivity contribution in [2.75, 3.05) is 32.7 Å². The maximum absolute atomic E-state index is 6.05. The molecule has 102 valence electrons. The van der Waals surface area contributed by atoms with Gasteiger partial charge in [0.1, 0.15) is 0 Å². The first-order valence-electron chi connectivity index (χ1n) is 6.86. The van der Waals surface area contributed by atoms with Crippen LogP contribution in [0.1, 0.15) is 41.5 Å². The Bertz CT molecular complexity index is 232. The second-order valence-corrected chi connectivity index (χ2v) is 7.21. The summed E-state index contributed by atoms with van der Waals surface area (Å²) in [4.78, 5) is 5.13. The number of nitrogens with two attached hydrogens (primary N) is 1. The van der Waals surface area contributed by atoms with Crippen molar-refractivity contribution in [3.8, 4) is 0 Å². The third-order valence-corrected chi connectivity index (χ3v) is 4.18. The summed E-state index contributed by atoms with van der Waals surface area (Å²) < 4.78 is 0. The van der Waals surface area contributed by atoms with Crippen molar-refractivity contribution in [1.29, 1.82) is 0 Å². The molecule has 3 heteroatoms. The molecule has 1 rings (SSSR count). The van der Waals surface area contributed by atoms with Crippen LogP contribution in [0.2, 0.25) is 0 Å². The van der Waals surface area contributed by atoms with Crippen molar-refractivity contribution < 1.29 is 0 Å². The Kier molecular flexibility index (Phi) is 4.61. The second kappa shape index (κ2) is 5.25. The summed E-state index contributed by atoms with van der Waals surface area (Å²) in [5.74, 6) is 0. The highest BCUT2D eigenvalue weighted by Crippen LogP contribution is 2.22. The van der Waals surface area contributed by atoms with Crippen molar-refractivity contribution in [3.63, 3.8) is 0 Å². The van der Waals surface area contributed by atoms with Crippen molar-refractivity contribution >= 4 is 0 Å². The highest BCUT2D eigenvalue weighted by Gasteiger charge is 2.30. The zero-order valence-corrected chi connectivity index (χ0v) is 12.6. The van der Waals surface area contributed by atoms with E-state index in [9.17, 15) is 0 Å². The lowest BCUT2D eigenvalue weighted by molar-refractivity contribution is 0.0420. The van der Waals surface area contributed by atoms with Gasteiger partial charge in [-0.25, -0.2) is 0 Å². The molecule has 2 N–H and O–H groups in total. The zero-order valence-electron chi connectivity index (χ0n) is 12.6. The van der Waals surface area contributed by atoms with Gasteiger partial charge in [-0.2, -0.15) is 0 Å². The minimum Gasteiger partial charge on any atom is -0.327 e. The van der Waals surface area contributed by atoms with Crippen LogP contribution in [0.25, 0.3) is 0 Å². The van der Waals surface area contributed by atoms with Gasteiger partial charge in [-0.15, -0.1) is 0 Å². The summed E-state index contributed by atoms with van der Waals surface area (Å²) in [6.45, 7) is 19.4. The number of hydrogen-bond acceptors (Lipinski definition) is 3. The Hall–Kier alpha value is -0.120. The summed E-state index contributed by atoms with van der Waals surface area (Å²) >= 11 is 0. The van der Waals surface area contributed by atoms with Crippen LogP contribution in [0.5, 0.6) is 0 Å². The molecule has 0 spiro atoms. The quantitative estimate of drug-likeness (QED) is 0.817. The van der Waals surface area contributed by atoms with E-state index in [0.717, 1.165) is 6.54 Å². The van der Waals surface area contributed by atoms with Crippen LogP contribution in [-0.4, -0.2) is 54.1 Å². The van der Waals surface area contributed by atoms with Gasteiger partial charge >= 0.3 is 0 Å². The fraction of sp³-hybridized carbons (Fsp3) is 1.00. The molecular formula is C14H31N3. The number of nitrogens with zero attached hydrogens (tertiary/aromatic N) is 2. The van der Waals surface area contributed by atoms with Gasteiger partial charge in [0.25, 0.3) is 0 Å². The molecule has 3 nitrogen and oxygen atoms in total. The minimum atomic E-state index is 0.212. The third kappa shape index (κ3) is 4.23. The highest BCUT2D eigenvalue weighted by atomic mass is 15.3. The van der Waals surface area contributed by atoms with Crippen LogP contribution in [0.15, 0.2) is 0 Å². The van der Waals surface area contributed by atoms with E-state index in [4.69, 9.17) is 5.73 Å². The smallest absolute Gasteiger partial charge is 0.0126 e. The Morgan fingerprint density at radius 2 is 1.47 bits per heavy atom. The monoisotopic (exact) mass is 241 g/mol. The van der Waals surface area contributed by atoms with Crippen LogP contribution in [-0.2, 0) is 0 Å². The summed E-state index contributed by atoms with van der Waals surface area (Å²) in [5.41, 5.74) is 6.57. The molecule has 0 aromatic carbocycles. The molecule has 1 heterocycles. The predicted octanol–water partition coefficient (Wildman–Crippen LogP) is 1.78. The molecule has 1 atom stereocenters. The molecule has 0 radical (unpaired) electrons. The van der Waals surface area contributed by atoms with Crippen LogP contribution in [0.3, 0.4) is 0 Å². The molecular weight excluding hydrogens is 210 g/mol. The number of rotatable bonds is 3. The van der Waals surface area contributed by atoms with E-state index < -0.39 is 0 Å². The van der Waals surface area contributed by atoms with E-state index >= 15 is 0 Å². The topological polar surface area (TPSA) is 32.5 Å². The van der Waals surface area contributed by atoms with Gasteiger partial charge in [0, 0.05) is 44.3 Å². The molecule has 0 saturated carbocycles. The molecule has 0 amide bonds. The largest absolute Gasteiger partial charge is 0.327 e. The number of hydrogen-bond donors (Lipinski definition) is 1. The van der Waals surface area contributed by atoms with Gasteiger partial charge in [-0.3, -0.25) is 4.90 Å². The van der Waals surface area contributed by atoms with Gasteiger partial charge in [0.2, 0.25) is 0 Å². The van der Waals surface area contributed by atoms with Crippen molar-refractivity contribution in [2.45, 2.75) is 53.1 Å². The maximum Gasteiger partial charge on any atom is 0.0126 e. The first-order chi connectivity index (χ1) is 7.63. The van der Waals surface area contributed by atoms with Crippen LogP contribution >= 0.6 is 0 Å². The molecule has 0 aromatic heterocycles. The average Bonchev–Trinajstić information content (AvgIpc) is 2.16. The van der Waals surface area contributed by atoms with Crippen molar-refractivity contribution in [3.05, 3.63) is 0 Å². The van der Waals surface area contributed by atoms with Crippen LogP contribution < -0.4 is 5.73 Å². The standard InChI is InChI=1S/C14H31N3/c1-12(15)14(5,6)11-16-7-9-17(10-8-16)13(2,3)4/h12H,7-11,15H2,1-6H3. The van der Waals surface area contributed by atoms with Gasteiger partial charge in [-0.05, 0) is 33.1 Å². The maximum atomic E-state index is 6.05. The second-order valence-electron chi connectivity index (χ2n) is 7.21. The lowest BCUT2D eigenvalue weighted by atomic mass is 9.85. The first-order valence-corrected chi connectivity index (χ1v) is 6.86. The molecule has 0 aromatic rings. The molecule has 1 unspecified atom stereocenters. The Morgan fingerprint density at radius 3 is 1.82 bits per heavy atom. The third-order valence-electron chi connectivity index (χ3n) is 4.18.